The van der Waals surface area contributed by atoms with Crippen molar-refractivity contribution >= 4 is 5.97 Å². The fourth-order valence-corrected chi connectivity index (χ4v) is 3.39. The summed E-state index contributed by atoms with van der Waals surface area (Å²) in [6, 6.07) is 9.96. The topological polar surface area (TPSA) is 65.0 Å². The smallest absolute Gasteiger partial charge is 0.304 e. The number of carbonyl (C=O) groups is 1. The van der Waals surface area contributed by atoms with Crippen LogP contribution in [0.4, 0.5) is 0 Å². The van der Waals surface area contributed by atoms with Crippen LogP contribution < -0.4 is 14.2 Å². The fourth-order valence-electron chi connectivity index (χ4n) is 3.39. The van der Waals surface area contributed by atoms with E-state index in [1.165, 1.54) is 5.56 Å². The maximum atomic E-state index is 11.6. The number of benzene rings is 2. The molecule has 0 saturated carbocycles. The monoisotopic (exact) mass is 372 g/mol. The van der Waals surface area contributed by atoms with Crippen molar-refractivity contribution in [2.24, 2.45) is 0 Å². The van der Waals surface area contributed by atoms with Crippen molar-refractivity contribution in [2.45, 2.75) is 39.0 Å². The van der Waals surface area contributed by atoms with Crippen LogP contribution in [0.1, 0.15) is 47.9 Å². The Hall–Kier alpha value is -2.69. The second-order valence-electron chi connectivity index (χ2n) is 6.55. The molecule has 0 heterocycles. The Morgan fingerprint density at radius 2 is 1.67 bits per heavy atom. The van der Waals surface area contributed by atoms with Gasteiger partial charge in [0.05, 0.1) is 27.8 Å². The highest BCUT2D eigenvalue weighted by molar-refractivity contribution is 5.70. The van der Waals surface area contributed by atoms with Gasteiger partial charge in [0.25, 0.3) is 0 Å². The summed E-state index contributed by atoms with van der Waals surface area (Å²) >= 11 is 0. The van der Waals surface area contributed by atoms with Gasteiger partial charge in [0.15, 0.2) is 11.5 Å². The molecule has 5 heteroatoms. The predicted molar refractivity (Wildman–Crippen MR) is 105 cm³/mol. The van der Waals surface area contributed by atoms with Crippen LogP contribution in [0.15, 0.2) is 30.3 Å². The zero-order valence-electron chi connectivity index (χ0n) is 16.7. The van der Waals surface area contributed by atoms with Crippen LogP contribution in [0.25, 0.3) is 0 Å². The molecule has 2 rings (SSSR count). The summed E-state index contributed by atoms with van der Waals surface area (Å²) in [6.07, 6.45) is 1.98. The Bertz CT molecular complexity index is 772. The van der Waals surface area contributed by atoms with E-state index in [2.05, 4.69) is 25.1 Å². The summed E-state index contributed by atoms with van der Waals surface area (Å²) in [5.41, 5.74) is 4.11. The number of hydrogen-bond donors (Lipinski definition) is 1. The van der Waals surface area contributed by atoms with Crippen molar-refractivity contribution < 1.29 is 24.1 Å². The zero-order chi connectivity index (χ0) is 20.0. The Labute approximate surface area is 160 Å². The molecule has 0 amide bonds. The minimum atomic E-state index is -0.853. The first kappa shape index (κ1) is 20.6. The van der Waals surface area contributed by atoms with Gasteiger partial charge in [0.2, 0.25) is 5.75 Å². The van der Waals surface area contributed by atoms with Crippen molar-refractivity contribution in [1.82, 2.24) is 0 Å². The first-order valence-electron chi connectivity index (χ1n) is 9.06. The van der Waals surface area contributed by atoms with Gasteiger partial charge >= 0.3 is 5.97 Å². The standard InChI is InChI=1S/C22H28O5/c1-6-7-15-9-8-14(2)17(10-15)18(13-21(23)24)16-11-19(25-3)22(27-5)20(12-16)26-4/h8-12,18H,6-7,13H2,1-5H3,(H,23,24). The Morgan fingerprint density at radius 1 is 1.04 bits per heavy atom. The van der Waals surface area contributed by atoms with Gasteiger partial charge in [-0.15, -0.1) is 0 Å². The molecule has 0 saturated heterocycles. The summed E-state index contributed by atoms with van der Waals surface area (Å²) in [5.74, 6) is 0.366. The van der Waals surface area contributed by atoms with Crippen molar-refractivity contribution in [1.29, 1.82) is 0 Å². The average molecular weight is 372 g/mol. The lowest BCUT2D eigenvalue weighted by atomic mass is 9.84. The Kier molecular flexibility index (Phi) is 7.11. The summed E-state index contributed by atoms with van der Waals surface area (Å²) < 4.78 is 16.3. The highest BCUT2D eigenvalue weighted by Gasteiger charge is 2.24. The lowest BCUT2D eigenvalue weighted by Gasteiger charge is -2.22. The summed E-state index contributed by atoms with van der Waals surface area (Å²) in [7, 11) is 4.66. The van der Waals surface area contributed by atoms with Crippen LogP contribution >= 0.6 is 0 Å². The van der Waals surface area contributed by atoms with Gasteiger partial charge in [0, 0.05) is 5.92 Å². The molecule has 0 aliphatic rings. The van der Waals surface area contributed by atoms with Crippen molar-refractivity contribution in [3.05, 3.63) is 52.6 Å². The predicted octanol–water partition coefficient (Wildman–Crippen LogP) is 4.58. The van der Waals surface area contributed by atoms with E-state index in [0.29, 0.717) is 17.2 Å². The van der Waals surface area contributed by atoms with E-state index in [0.717, 1.165) is 29.5 Å². The molecule has 0 radical (unpaired) electrons. The normalized spacial score (nSPS) is 11.7. The molecule has 2 aromatic carbocycles. The molecule has 2 aromatic rings. The number of aryl methyl sites for hydroxylation is 2. The van der Waals surface area contributed by atoms with E-state index in [1.807, 2.05) is 19.1 Å². The fraction of sp³-hybridized carbons (Fsp3) is 0.409. The maximum Gasteiger partial charge on any atom is 0.304 e. The number of rotatable bonds is 9. The average Bonchev–Trinajstić information content (AvgIpc) is 2.66. The van der Waals surface area contributed by atoms with Gasteiger partial charge in [-0.25, -0.2) is 0 Å². The van der Waals surface area contributed by atoms with E-state index in [-0.39, 0.29) is 12.3 Å². The molecule has 1 N–H and O–H groups in total. The van der Waals surface area contributed by atoms with Crippen LogP contribution in [0.2, 0.25) is 0 Å². The molecule has 0 aromatic heterocycles. The number of methoxy groups -OCH3 is 3. The highest BCUT2D eigenvalue weighted by Crippen LogP contribution is 2.42. The lowest BCUT2D eigenvalue weighted by molar-refractivity contribution is -0.137. The first-order chi connectivity index (χ1) is 12.9. The molecular formula is C22H28O5. The molecule has 1 unspecified atom stereocenters. The lowest BCUT2D eigenvalue weighted by Crippen LogP contribution is -2.11. The molecule has 0 aliphatic carbocycles. The van der Waals surface area contributed by atoms with Crippen LogP contribution in [-0.4, -0.2) is 32.4 Å². The molecule has 0 spiro atoms. The number of hydrogen-bond acceptors (Lipinski definition) is 4. The van der Waals surface area contributed by atoms with E-state index in [4.69, 9.17) is 14.2 Å². The number of carboxylic acids is 1. The van der Waals surface area contributed by atoms with Crippen molar-refractivity contribution in [3.8, 4) is 17.2 Å². The van der Waals surface area contributed by atoms with E-state index >= 15 is 0 Å². The SMILES string of the molecule is CCCc1ccc(C)c(C(CC(=O)O)c2cc(OC)c(OC)c(OC)c2)c1. The third-order valence-corrected chi connectivity index (χ3v) is 4.73. The van der Waals surface area contributed by atoms with Crippen LogP contribution in [-0.2, 0) is 11.2 Å². The van der Waals surface area contributed by atoms with Gasteiger partial charge in [-0.05, 0) is 47.7 Å². The van der Waals surface area contributed by atoms with E-state index < -0.39 is 5.97 Å². The molecule has 0 fully saturated rings. The van der Waals surface area contributed by atoms with Gasteiger partial charge in [-0.1, -0.05) is 31.5 Å². The molecule has 5 nitrogen and oxygen atoms in total. The summed E-state index contributed by atoms with van der Waals surface area (Å²) in [4.78, 5) is 11.6. The Morgan fingerprint density at radius 3 is 2.15 bits per heavy atom. The minimum absolute atomic E-state index is 0.0188. The molecule has 1 atom stereocenters. The van der Waals surface area contributed by atoms with Gasteiger partial charge < -0.3 is 19.3 Å². The van der Waals surface area contributed by atoms with Crippen LogP contribution in [0, 0.1) is 6.92 Å². The van der Waals surface area contributed by atoms with Crippen LogP contribution in [0.5, 0.6) is 17.2 Å². The molecule has 0 bridgehead atoms. The highest BCUT2D eigenvalue weighted by atomic mass is 16.5. The number of aliphatic carboxylic acids is 1. The zero-order valence-corrected chi connectivity index (χ0v) is 16.7. The number of carboxylic acid groups (broad SMARTS) is 1. The number of ether oxygens (including phenoxy) is 3. The summed E-state index contributed by atoms with van der Waals surface area (Å²) in [5, 5.41) is 9.54. The van der Waals surface area contributed by atoms with E-state index in [1.54, 1.807) is 21.3 Å². The third-order valence-electron chi connectivity index (χ3n) is 4.73. The maximum absolute atomic E-state index is 11.6. The van der Waals surface area contributed by atoms with Gasteiger partial charge in [0.1, 0.15) is 0 Å². The molecule has 0 aliphatic heterocycles. The van der Waals surface area contributed by atoms with E-state index in [9.17, 15) is 9.90 Å². The largest absolute Gasteiger partial charge is 0.493 e. The first-order valence-corrected chi connectivity index (χ1v) is 9.06. The second kappa shape index (κ2) is 9.31. The molecule has 27 heavy (non-hydrogen) atoms. The van der Waals surface area contributed by atoms with Crippen LogP contribution in [0.3, 0.4) is 0 Å². The third kappa shape index (κ3) is 4.73. The van der Waals surface area contributed by atoms with Gasteiger partial charge in [-0.3, -0.25) is 4.79 Å². The molecular weight excluding hydrogens is 344 g/mol. The Balaban J connectivity index is 2.64. The van der Waals surface area contributed by atoms with Crippen molar-refractivity contribution in [3.63, 3.8) is 0 Å². The minimum Gasteiger partial charge on any atom is -0.493 e. The van der Waals surface area contributed by atoms with Crippen molar-refractivity contribution in [2.75, 3.05) is 21.3 Å². The van der Waals surface area contributed by atoms with Gasteiger partial charge in [-0.2, -0.15) is 0 Å². The summed E-state index contributed by atoms with van der Waals surface area (Å²) in [6.45, 7) is 4.14. The molecule has 146 valence electrons. The second-order valence-corrected chi connectivity index (χ2v) is 6.55. The quantitative estimate of drug-likeness (QED) is 0.698.